The number of hydrogen-bond donors (Lipinski definition) is 3. The third kappa shape index (κ3) is 5.71. The highest BCUT2D eigenvalue weighted by Crippen LogP contribution is 2.12. The van der Waals surface area contributed by atoms with E-state index in [1.54, 1.807) is 7.11 Å². The average molecular weight is 281 g/mol. The molecule has 1 rings (SSSR count). The predicted molar refractivity (Wildman–Crippen MR) is 72.6 cm³/mol. The van der Waals surface area contributed by atoms with Crippen LogP contribution in [0.25, 0.3) is 0 Å². The number of aryl methyl sites for hydroxylation is 1. The number of aliphatic hydroxyl groups is 1. The number of methoxy groups -OCH3 is 1. The third-order valence-corrected chi connectivity index (χ3v) is 2.82. The molecule has 1 aromatic rings. The van der Waals surface area contributed by atoms with Crippen molar-refractivity contribution in [2.75, 3.05) is 13.7 Å². The molecule has 0 saturated carbocycles. The largest absolute Gasteiger partial charge is 0.497 e. The van der Waals surface area contributed by atoms with E-state index in [1.165, 1.54) is 0 Å². The summed E-state index contributed by atoms with van der Waals surface area (Å²) in [4.78, 5) is 21.9. The van der Waals surface area contributed by atoms with E-state index in [1.807, 2.05) is 24.3 Å². The van der Waals surface area contributed by atoms with Crippen molar-refractivity contribution in [3.8, 4) is 5.75 Å². The van der Waals surface area contributed by atoms with Gasteiger partial charge in [-0.2, -0.15) is 0 Å². The first-order chi connectivity index (χ1) is 9.52. The van der Waals surface area contributed by atoms with E-state index in [9.17, 15) is 9.59 Å². The number of rotatable bonds is 8. The van der Waals surface area contributed by atoms with Crippen LogP contribution in [0.1, 0.15) is 18.4 Å². The molecule has 0 aliphatic heterocycles. The number of aliphatic hydroxyl groups excluding tert-OH is 1. The molecule has 0 heterocycles. The minimum absolute atomic E-state index is 0.00358. The third-order valence-electron chi connectivity index (χ3n) is 2.82. The number of hydrogen-bond acceptors (Lipinski definition) is 4. The number of benzene rings is 1. The summed E-state index contributed by atoms with van der Waals surface area (Å²) < 4.78 is 5.04. The summed E-state index contributed by atoms with van der Waals surface area (Å²) in [6, 6.07) is 7.44. The molecule has 1 aromatic carbocycles. The molecule has 6 nitrogen and oxygen atoms in total. The molecule has 1 atom stereocenters. The highest BCUT2D eigenvalue weighted by Gasteiger charge is 2.12. The summed E-state index contributed by atoms with van der Waals surface area (Å²) in [6.45, 7) is 0.148. The molecule has 0 unspecified atom stereocenters. The van der Waals surface area contributed by atoms with Crippen LogP contribution in [0.3, 0.4) is 0 Å². The van der Waals surface area contributed by atoms with E-state index in [-0.39, 0.29) is 18.9 Å². The van der Waals surface area contributed by atoms with Gasteiger partial charge in [0.05, 0.1) is 7.11 Å². The van der Waals surface area contributed by atoms with Gasteiger partial charge >= 0.3 is 5.97 Å². The number of amides is 1. The molecule has 110 valence electrons. The Morgan fingerprint density at radius 2 is 1.95 bits per heavy atom. The van der Waals surface area contributed by atoms with Crippen LogP contribution in [-0.4, -0.2) is 41.8 Å². The average Bonchev–Trinajstić information content (AvgIpc) is 2.45. The normalized spacial score (nSPS) is 11.7. The minimum Gasteiger partial charge on any atom is -0.497 e. The van der Waals surface area contributed by atoms with E-state index in [0.717, 1.165) is 11.3 Å². The van der Waals surface area contributed by atoms with Crippen molar-refractivity contribution in [3.63, 3.8) is 0 Å². The lowest BCUT2D eigenvalue weighted by Gasteiger charge is -2.07. The fourth-order valence-electron chi connectivity index (χ4n) is 1.61. The van der Waals surface area contributed by atoms with Crippen LogP contribution in [0, 0.1) is 0 Å². The van der Waals surface area contributed by atoms with Gasteiger partial charge in [-0.1, -0.05) is 12.1 Å². The summed E-state index contributed by atoms with van der Waals surface area (Å²) in [5, 5.41) is 20.1. The van der Waals surface area contributed by atoms with Gasteiger partial charge in [0.15, 0.2) is 6.10 Å². The number of nitrogens with one attached hydrogen (secondary N) is 1. The van der Waals surface area contributed by atoms with Crippen molar-refractivity contribution >= 4 is 11.9 Å². The molecule has 20 heavy (non-hydrogen) atoms. The maximum atomic E-state index is 11.5. The summed E-state index contributed by atoms with van der Waals surface area (Å²) >= 11 is 0. The Labute approximate surface area is 117 Å². The SMILES string of the molecule is COc1ccc(CCC(=O)NCC[C@H](O)C(=O)O)cc1. The van der Waals surface area contributed by atoms with Gasteiger partial charge in [0.1, 0.15) is 5.75 Å². The van der Waals surface area contributed by atoms with Crippen molar-refractivity contribution in [1.82, 2.24) is 5.32 Å². The molecule has 0 aliphatic carbocycles. The second-order valence-electron chi connectivity index (χ2n) is 4.34. The smallest absolute Gasteiger partial charge is 0.332 e. The van der Waals surface area contributed by atoms with Gasteiger partial charge in [0.25, 0.3) is 0 Å². The Morgan fingerprint density at radius 3 is 2.50 bits per heavy atom. The maximum absolute atomic E-state index is 11.5. The summed E-state index contributed by atoms with van der Waals surface area (Å²) in [6.07, 6.45) is -0.520. The van der Waals surface area contributed by atoms with Gasteiger partial charge in [-0.15, -0.1) is 0 Å². The number of carbonyl (C=O) groups is 2. The van der Waals surface area contributed by atoms with Gasteiger partial charge in [0, 0.05) is 19.4 Å². The van der Waals surface area contributed by atoms with Crippen LogP contribution in [-0.2, 0) is 16.0 Å². The van der Waals surface area contributed by atoms with Crippen molar-refractivity contribution in [3.05, 3.63) is 29.8 Å². The van der Waals surface area contributed by atoms with Crippen LogP contribution in [0.2, 0.25) is 0 Å². The van der Waals surface area contributed by atoms with Gasteiger partial charge in [-0.25, -0.2) is 4.79 Å². The van der Waals surface area contributed by atoms with Crippen LogP contribution in [0.15, 0.2) is 24.3 Å². The first-order valence-corrected chi connectivity index (χ1v) is 6.33. The van der Waals surface area contributed by atoms with Crippen molar-refractivity contribution < 1.29 is 24.5 Å². The number of aliphatic carboxylic acids is 1. The lowest BCUT2D eigenvalue weighted by atomic mass is 10.1. The number of ether oxygens (including phenoxy) is 1. The lowest BCUT2D eigenvalue weighted by Crippen LogP contribution is -2.30. The zero-order valence-electron chi connectivity index (χ0n) is 11.3. The highest BCUT2D eigenvalue weighted by atomic mass is 16.5. The molecule has 3 N–H and O–H groups in total. The van der Waals surface area contributed by atoms with E-state index >= 15 is 0 Å². The second-order valence-corrected chi connectivity index (χ2v) is 4.34. The Balaban J connectivity index is 2.23. The predicted octanol–water partition coefficient (Wildman–Crippen LogP) is 0.580. The van der Waals surface area contributed by atoms with Crippen LogP contribution in [0.4, 0.5) is 0 Å². The van der Waals surface area contributed by atoms with Gasteiger partial charge in [-0.05, 0) is 24.1 Å². The number of carbonyl (C=O) groups excluding carboxylic acids is 1. The first kappa shape index (κ1) is 16.0. The quantitative estimate of drug-likeness (QED) is 0.648. The molecule has 0 aromatic heterocycles. The van der Waals surface area contributed by atoms with E-state index < -0.39 is 12.1 Å². The fraction of sp³-hybridized carbons (Fsp3) is 0.429. The Hall–Kier alpha value is -2.08. The van der Waals surface area contributed by atoms with Crippen LogP contribution < -0.4 is 10.1 Å². The number of carboxylic acids is 1. The van der Waals surface area contributed by atoms with Crippen molar-refractivity contribution in [2.45, 2.75) is 25.4 Å². The molecule has 6 heteroatoms. The highest BCUT2D eigenvalue weighted by molar-refractivity contribution is 5.76. The molecule has 0 bridgehead atoms. The standard InChI is InChI=1S/C14H19NO5/c1-20-11-5-2-10(3-6-11)4-7-13(17)15-9-8-12(16)14(18)19/h2-3,5-6,12,16H,4,7-9H2,1H3,(H,15,17)(H,18,19)/t12-/m0/s1. The molecule has 1 amide bonds. The number of carboxylic acid groups (broad SMARTS) is 1. The van der Waals surface area contributed by atoms with E-state index in [2.05, 4.69) is 5.32 Å². The zero-order valence-corrected chi connectivity index (χ0v) is 11.3. The minimum atomic E-state index is -1.43. The molecule has 0 spiro atoms. The fourth-order valence-corrected chi connectivity index (χ4v) is 1.61. The molecular formula is C14H19NO5. The van der Waals surface area contributed by atoms with Gasteiger partial charge in [-0.3, -0.25) is 4.79 Å². The van der Waals surface area contributed by atoms with E-state index in [4.69, 9.17) is 14.9 Å². The maximum Gasteiger partial charge on any atom is 0.332 e. The Kier molecular flexibility index (Phi) is 6.52. The Bertz CT molecular complexity index is 443. The lowest BCUT2D eigenvalue weighted by molar-refractivity contribution is -0.147. The topological polar surface area (TPSA) is 95.9 Å². The summed E-state index contributed by atoms with van der Waals surface area (Å²) in [5.41, 5.74) is 1.02. The molecule has 0 fully saturated rings. The monoisotopic (exact) mass is 281 g/mol. The van der Waals surface area contributed by atoms with Crippen LogP contribution >= 0.6 is 0 Å². The summed E-state index contributed by atoms with van der Waals surface area (Å²) in [7, 11) is 1.59. The molecule has 0 saturated heterocycles. The van der Waals surface area contributed by atoms with Crippen molar-refractivity contribution in [2.24, 2.45) is 0 Å². The molecule has 0 aliphatic rings. The first-order valence-electron chi connectivity index (χ1n) is 6.33. The zero-order chi connectivity index (χ0) is 15.0. The van der Waals surface area contributed by atoms with Gasteiger partial charge < -0.3 is 20.3 Å². The molecule has 0 radical (unpaired) electrons. The Morgan fingerprint density at radius 1 is 1.30 bits per heavy atom. The second kappa shape index (κ2) is 8.16. The van der Waals surface area contributed by atoms with Gasteiger partial charge in [0.2, 0.25) is 5.91 Å². The summed E-state index contributed by atoms with van der Waals surface area (Å²) in [5.74, 6) is -0.684. The molecular weight excluding hydrogens is 262 g/mol. The van der Waals surface area contributed by atoms with Crippen LogP contribution in [0.5, 0.6) is 5.75 Å². The van der Waals surface area contributed by atoms with E-state index in [0.29, 0.717) is 12.8 Å². The van der Waals surface area contributed by atoms with Crippen molar-refractivity contribution in [1.29, 1.82) is 0 Å².